The van der Waals surface area contributed by atoms with Crippen LogP contribution in [0.1, 0.15) is 6.92 Å². The molecule has 0 aliphatic carbocycles. The average molecular weight is 385 g/mol. The van der Waals surface area contributed by atoms with E-state index in [4.69, 9.17) is 14.2 Å². The average Bonchev–Trinajstić information content (AvgIpc) is 2.60. The Balaban J connectivity index is 2.21. The molecule has 10 atom stereocenters. The zero-order chi connectivity index (χ0) is 19.6. The molecule has 0 bridgehead atoms. The summed E-state index contributed by atoms with van der Waals surface area (Å²) in [7, 11) is 0. The number of aliphatic hydroxyl groups excluding tert-OH is 6. The van der Waals surface area contributed by atoms with Gasteiger partial charge in [-0.05, 0) is 0 Å². The molecule has 0 saturated carbocycles. The van der Waals surface area contributed by atoms with E-state index in [0.29, 0.717) is 0 Å². The smallest absolute Gasteiger partial charge is 0.217 e. The van der Waals surface area contributed by atoms with Crippen LogP contribution in [-0.2, 0) is 19.0 Å². The van der Waals surface area contributed by atoms with Crippen molar-refractivity contribution in [2.24, 2.45) is 0 Å². The molecule has 152 valence electrons. The lowest BCUT2D eigenvalue weighted by atomic mass is 9.96. The molecule has 26 heavy (non-hydrogen) atoms. The van der Waals surface area contributed by atoms with Crippen molar-refractivity contribution in [3.8, 4) is 0 Å². The predicted molar refractivity (Wildman–Crippen MR) is 79.1 cm³/mol. The summed E-state index contributed by atoms with van der Waals surface area (Å²) in [6.07, 6.45) is -15.0. The number of halogens is 1. The molecule has 1 unspecified atom stereocenters. The fourth-order valence-electron chi connectivity index (χ4n) is 2.94. The Labute approximate surface area is 147 Å². The van der Waals surface area contributed by atoms with Crippen molar-refractivity contribution < 1.29 is 54.0 Å². The second-order valence-electron chi connectivity index (χ2n) is 6.22. The molecule has 0 aromatic rings. The van der Waals surface area contributed by atoms with Crippen LogP contribution < -0.4 is 5.32 Å². The first-order valence-corrected chi connectivity index (χ1v) is 8.02. The van der Waals surface area contributed by atoms with Crippen molar-refractivity contribution in [3.05, 3.63) is 0 Å². The number of nitrogens with one attached hydrogen (secondary N) is 1. The molecule has 7 N–H and O–H groups in total. The molecule has 2 rings (SSSR count). The topological polar surface area (TPSA) is 178 Å². The summed E-state index contributed by atoms with van der Waals surface area (Å²) in [5.41, 5.74) is 0. The number of alkyl halides is 1. The minimum Gasteiger partial charge on any atom is -0.394 e. The van der Waals surface area contributed by atoms with Gasteiger partial charge >= 0.3 is 0 Å². The van der Waals surface area contributed by atoms with E-state index in [1.165, 1.54) is 0 Å². The van der Waals surface area contributed by atoms with Crippen LogP contribution in [0, 0.1) is 0 Å². The molecular weight excluding hydrogens is 361 g/mol. The zero-order valence-corrected chi connectivity index (χ0v) is 13.9. The van der Waals surface area contributed by atoms with E-state index in [1.54, 1.807) is 0 Å². The van der Waals surface area contributed by atoms with Crippen LogP contribution in [0.3, 0.4) is 0 Å². The lowest BCUT2D eigenvalue weighted by Gasteiger charge is -2.45. The maximum Gasteiger partial charge on any atom is 0.217 e. The maximum atomic E-state index is 14.7. The number of amides is 1. The molecule has 0 spiro atoms. The third kappa shape index (κ3) is 4.30. The van der Waals surface area contributed by atoms with Crippen LogP contribution >= 0.6 is 0 Å². The predicted octanol–water partition coefficient (Wildman–Crippen LogP) is -4.28. The molecule has 2 heterocycles. The van der Waals surface area contributed by atoms with Crippen molar-refractivity contribution in [2.75, 3.05) is 13.2 Å². The number of aliphatic hydroxyl groups is 6. The SMILES string of the molecule is CC(=O)N[C@H]1C(O)O[C@H](CO)[C@@H](F)[C@@H]1O[C@@H]1O[C@H](CO)[C@H](O)[C@H](O)[C@H]1O. The van der Waals surface area contributed by atoms with E-state index in [-0.39, 0.29) is 0 Å². The van der Waals surface area contributed by atoms with Gasteiger partial charge in [0, 0.05) is 6.92 Å². The molecule has 0 aromatic carbocycles. The molecular formula is C14H24FNO10. The van der Waals surface area contributed by atoms with E-state index in [2.05, 4.69) is 5.32 Å². The number of hydrogen-bond acceptors (Lipinski definition) is 10. The largest absolute Gasteiger partial charge is 0.394 e. The minimum absolute atomic E-state index is 0.630. The molecule has 11 nitrogen and oxygen atoms in total. The van der Waals surface area contributed by atoms with Gasteiger partial charge in [-0.15, -0.1) is 0 Å². The maximum absolute atomic E-state index is 14.7. The van der Waals surface area contributed by atoms with E-state index >= 15 is 0 Å². The van der Waals surface area contributed by atoms with Gasteiger partial charge in [0.05, 0.1) is 13.2 Å². The highest BCUT2D eigenvalue weighted by atomic mass is 19.1. The Morgan fingerprint density at radius 3 is 2.19 bits per heavy atom. The summed E-state index contributed by atoms with van der Waals surface area (Å²) in [6.45, 7) is -0.392. The quantitative estimate of drug-likeness (QED) is 0.245. The van der Waals surface area contributed by atoms with Gasteiger partial charge in [-0.1, -0.05) is 0 Å². The van der Waals surface area contributed by atoms with Gasteiger partial charge in [-0.25, -0.2) is 4.39 Å². The van der Waals surface area contributed by atoms with Crippen molar-refractivity contribution in [1.29, 1.82) is 0 Å². The molecule has 2 aliphatic heterocycles. The van der Waals surface area contributed by atoms with Gasteiger partial charge in [0.25, 0.3) is 0 Å². The first-order valence-electron chi connectivity index (χ1n) is 8.02. The van der Waals surface area contributed by atoms with Gasteiger partial charge in [-0.3, -0.25) is 4.79 Å². The van der Waals surface area contributed by atoms with Crippen molar-refractivity contribution in [1.82, 2.24) is 5.32 Å². The van der Waals surface area contributed by atoms with Crippen LogP contribution in [0.15, 0.2) is 0 Å². The highest BCUT2D eigenvalue weighted by Crippen LogP contribution is 2.29. The van der Waals surface area contributed by atoms with Gasteiger partial charge < -0.3 is 50.2 Å². The third-order valence-electron chi connectivity index (χ3n) is 4.33. The summed E-state index contributed by atoms with van der Waals surface area (Å²) >= 11 is 0. The molecule has 0 radical (unpaired) electrons. The molecule has 2 saturated heterocycles. The Bertz CT molecular complexity index is 483. The summed E-state index contributed by atoms with van der Waals surface area (Å²) in [6, 6.07) is -1.40. The summed E-state index contributed by atoms with van der Waals surface area (Å²) in [5, 5.41) is 60.1. The van der Waals surface area contributed by atoms with Gasteiger partial charge in [0.15, 0.2) is 18.8 Å². The van der Waals surface area contributed by atoms with Crippen LogP contribution in [0.5, 0.6) is 0 Å². The summed E-state index contributed by atoms with van der Waals surface area (Å²) < 4.78 is 30.0. The highest BCUT2D eigenvalue weighted by molar-refractivity contribution is 5.73. The number of rotatable bonds is 5. The molecule has 0 aromatic heterocycles. The molecule has 2 aliphatic rings. The normalized spacial score (nSPS) is 46.8. The second kappa shape index (κ2) is 8.82. The molecule has 12 heteroatoms. The van der Waals surface area contributed by atoms with Gasteiger partial charge in [-0.2, -0.15) is 0 Å². The second-order valence-corrected chi connectivity index (χ2v) is 6.22. The number of carbonyl (C=O) groups is 1. The first-order chi connectivity index (χ1) is 12.2. The van der Waals surface area contributed by atoms with Crippen molar-refractivity contribution >= 4 is 5.91 Å². The number of ether oxygens (including phenoxy) is 3. The monoisotopic (exact) mass is 385 g/mol. The number of hydrogen-bond donors (Lipinski definition) is 7. The lowest BCUT2D eigenvalue weighted by molar-refractivity contribution is -0.336. The van der Waals surface area contributed by atoms with Crippen molar-refractivity contribution in [3.63, 3.8) is 0 Å². The zero-order valence-electron chi connectivity index (χ0n) is 13.9. The Hall–Kier alpha value is -0.960. The van der Waals surface area contributed by atoms with E-state index in [1.807, 2.05) is 0 Å². The molecule has 1 amide bonds. The Morgan fingerprint density at radius 2 is 1.65 bits per heavy atom. The fraction of sp³-hybridized carbons (Fsp3) is 0.929. The van der Waals surface area contributed by atoms with Gasteiger partial charge in [0.1, 0.15) is 42.7 Å². The van der Waals surface area contributed by atoms with E-state index < -0.39 is 80.5 Å². The summed E-state index contributed by atoms with van der Waals surface area (Å²) in [4.78, 5) is 11.3. The Kier molecular flexibility index (Phi) is 7.24. The van der Waals surface area contributed by atoms with Crippen LogP contribution in [0.2, 0.25) is 0 Å². The number of carbonyl (C=O) groups excluding carboxylic acids is 1. The Morgan fingerprint density at radius 1 is 1.04 bits per heavy atom. The van der Waals surface area contributed by atoms with E-state index in [9.17, 15) is 39.8 Å². The first kappa shape index (κ1) is 21.3. The van der Waals surface area contributed by atoms with Crippen molar-refractivity contribution in [2.45, 2.75) is 68.3 Å². The van der Waals surface area contributed by atoms with Gasteiger partial charge in [0.2, 0.25) is 5.91 Å². The fourth-order valence-corrected chi connectivity index (χ4v) is 2.94. The highest BCUT2D eigenvalue weighted by Gasteiger charge is 2.51. The minimum atomic E-state index is -2.03. The van der Waals surface area contributed by atoms with Crippen LogP contribution in [0.4, 0.5) is 4.39 Å². The van der Waals surface area contributed by atoms with Crippen LogP contribution in [-0.4, -0.2) is 111 Å². The van der Waals surface area contributed by atoms with Crippen LogP contribution in [0.25, 0.3) is 0 Å². The standard InChI is InChI=1S/C14H24FNO10/c1-4(19)16-8-12(7(15)5(2-17)24-13(8)23)26-14-11(22)10(21)9(20)6(3-18)25-14/h5-14,17-18,20-23H,2-3H2,1H3,(H,16,19)/t5-,6-,7-,8-,9+,10+,11-,12+,13?,14+/m1/s1. The third-order valence-corrected chi connectivity index (χ3v) is 4.33. The lowest BCUT2D eigenvalue weighted by Crippen LogP contribution is -2.66. The van der Waals surface area contributed by atoms with E-state index in [0.717, 1.165) is 6.92 Å². The molecule has 2 fully saturated rings. The summed E-state index contributed by atoms with van der Waals surface area (Å²) in [5.74, 6) is -0.630.